The number of benzene rings is 9. The second-order valence-corrected chi connectivity index (χ2v) is 14.8. The molecule has 254 valence electrons. The third-order valence-electron chi connectivity index (χ3n) is 12.1. The van der Waals surface area contributed by atoms with Gasteiger partial charge in [-0.3, -0.25) is 0 Å². The second-order valence-electron chi connectivity index (χ2n) is 14.8. The Morgan fingerprint density at radius 2 is 0.945 bits per heavy atom. The van der Waals surface area contributed by atoms with Crippen LogP contribution in [0.4, 0.5) is 0 Å². The maximum absolute atomic E-state index is 6.58. The molecule has 0 N–H and O–H groups in total. The van der Waals surface area contributed by atoms with Gasteiger partial charge in [-0.25, -0.2) is 0 Å². The number of fused-ring (bicyclic) bond motifs is 13. The van der Waals surface area contributed by atoms with Gasteiger partial charge in [-0.15, -0.1) is 0 Å². The number of furan rings is 1. The molecule has 3 aromatic heterocycles. The normalized spacial score (nSPS) is 12.4. The maximum Gasteiger partial charge on any atom is 0.143 e. The Labute approximate surface area is 315 Å². The van der Waals surface area contributed by atoms with Crippen molar-refractivity contribution in [3.63, 3.8) is 0 Å². The van der Waals surface area contributed by atoms with Gasteiger partial charge in [0.25, 0.3) is 0 Å². The van der Waals surface area contributed by atoms with E-state index in [1.54, 1.807) is 0 Å². The number of nitrogens with zero attached hydrogens (tertiary/aromatic N) is 2. The Balaban J connectivity index is 1.01. The fraction of sp³-hybridized carbons (Fsp3) is 0. The van der Waals surface area contributed by atoms with E-state index in [4.69, 9.17) is 4.42 Å². The van der Waals surface area contributed by atoms with Crippen LogP contribution in [0.1, 0.15) is 0 Å². The molecule has 1 aliphatic rings. The van der Waals surface area contributed by atoms with Crippen LogP contribution in [-0.4, -0.2) is 9.13 Å². The predicted molar refractivity (Wildman–Crippen MR) is 230 cm³/mol. The highest BCUT2D eigenvalue weighted by atomic mass is 16.3. The Morgan fingerprint density at radius 1 is 0.345 bits per heavy atom. The summed E-state index contributed by atoms with van der Waals surface area (Å²) in [6, 6.07) is 66.5. The van der Waals surface area contributed by atoms with Crippen LogP contribution >= 0.6 is 0 Å². The van der Waals surface area contributed by atoms with Crippen LogP contribution in [0.3, 0.4) is 0 Å². The van der Waals surface area contributed by atoms with E-state index in [9.17, 15) is 0 Å². The van der Waals surface area contributed by atoms with Crippen molar-refractivity contribution in [2.24, 2.45) is 0 Å². The van der Waals surface area contributed by atoms with Crippen LogP contribution in [-0.2, 0) is 0 Å². The molecule has 0 saturated heterocycles. The summed E-state index contributed by atoms with van der Waals surface area (Å²) in [6.07, 6.45) is 0. The maximum atomic E-state index is 6.58. The third kappa shape index (κ3) is 3.84. The van der Waals surface area contributed by atoms with Gasteiger partial charge in [0.1, 0.15) is 11.2 Å². The summed E-state index contributed by atoms with van der Waals surface area (Å²) in [7, 11) is 0. The van der Waals surface area contributed by atoms with Gasteiger partial charge in [-0.05, 0) is 99.9 Å². The first kappa shape index (κ1) is 29.1. The molecule has 13 rings (SSSR count). The predicted octanol–water partition coefficient (Wildman–Crippen LogP) is 14.2. The molecule has 3 heterocycles. The lowest BCUT2D eigenvalue weighted by atomic mass is 10.00. The Bertz CT molecular complexity index is 3600. The van der Waals surface area contributed by atoms with E-state index in [1.165, 1.54) is 105 Å². The quantitative estimate of drug-likeness (QED) is 0.180. The van der Waals surface area contributed by atoms with Gasteiger partial charge in [0.05, 0.1) is 27.8 Å². The molecule has 0 unspecified atom stereocenters. The summed E-state index contributed by atoms with van der Waals surface area (Å²) >= 11 is 0. The van der Waals surface area contributed by atoms with Gasteiger partial charge in [-0.1, -0.05) is 115 Å². The standard InChI is InChI=1S/C52H30N2O/c1-2-11-33(12-3-1)53-44-18-7-4-13-34(44)42-29-31(21-26-47(42)53)32-22-27-48-43(30-32)35-14-5-8-19-45(35)54(48)46-28-25-41-50-37(16-10-17-40(46)50)38-23-24-39-36-15-6-9-20-49(36)55-52(39)51(38)41/h1-30H. The molecule has 55 heavy (non-hydrogen) atoms. The molecule has 0 atom stereocenters. The summed E-state index contributed by atoms with van der Waals surface area (Å²) in [5.41, 5.74) is 16.4. The number of rotatable bonds is 3. The first-order valence-corrected chi connectivity index (χ1v) is 18.9. The molecule has 0 radical (unpaired) electrons. The smallest absolute Gasteiger partial charge is 0.143 e. The van der Waals surface area contributed by atoms with E-state index in [2.05, 4.69) is 185 Å². The Morgan fingerprint density at radius 3 is 1.71 bits per heavy atom. The second kappa shape index (κ2) is 10.6. The van der Waals surface area contributed by atoms with Crippen LogP contribution < -0.4 is 0 Å². The molecule has 9 aromatic carbocycles. The molecule has 0 aliphatic heterocycles. The topological polar surface area (TPSA) is 23.0 Å². The average molecular weight is 699 g/mol. The summed E-state index contributed by atoms with van der Waals surface area (Å²) in [6.45, 7) is 0. The molecule has 3 heteroatoms. The van der Waals surface area contributed by atoms with Gasteiger partial charge in [0.15, 0.2) is 0 Å². The largest absolute Gasteiger partial charge is 0.455 e. The van der Waals surface area contributed by atoms with Crippen LogP contribution in [0.2, 0.25) is 0 Å². The minimum Gasteiger partial charge on any atom is -0.455 e. The van der Waals surface area contributed by atoms with Crippen molar-refractivity contribution in [3.8, 4) is 44.8 Å². The lowest BCUT2D eigenvalue weighted by Gasteiger charge is -2.13. The minimum atomic E-state index is 0.929. The van der Waals surface area contributed by atoms with Crippen LogP contribution in [0.15, 0.2) is 186 Å². The van der Waals surface area contributed by atoms with E-state index < -0.39 is 0 Å². The summed E-state index contributed by atoms with van der Waals surface area (Å²) in [5, 5.41) is 9.86. The van der Waals surface area contributed by atoms with Gasteiger partial charge < -0.3 is 13.6 Å². The van der Waals surface area contributed by atoms with Crippen LogP contribution in [0, 0.1) is 0 Å². The fourth-order valence-electron chi connectivity index (χ4n) is 9.72. The third-order valence-corrected chi connectivity index (χ3v) is 12.1. The zero-order valence-electron chi connectivity index (χ0n) is 29.6. The molecule has 0 saturated carbocycles. The monoisotopic (exact) mass is 698 g/mol. The highest BCUT2D eigenvalue weighted by Gasteiger charge is 2.28. The van der Waals surface area contributed by atoms with Crippen molar-refractivity contribution in [1.82, 2.24) is 9.13 Å². The first-order valence-electron chi connectivity index (χ1n) is 18.9. The van der Waals surface area contributed by atoms with Crippen LogP contribution in [0.25, 0.3) is 121 Å². The van der Waals surface area contributed by atoms with E-state index in [1.807, 2.05) is 6.07 Å². The van der Waals surface area contributed by atoms with Crippen molar-refractivity contribution >= 4 is 76.3 Å². The van der Waals surface area contributed by atoms with Crippen molar-refractivity contribution in [2.75, 3.05) is 0 Å². The molecular formula is C52H30N2O. The highest BCUT2D eigenvalue weighted by molar-refractivity contribution is 6.24. The lowest BCUT2D eigenvalue weighted by Crippen LogP contribution is -1.95. The van der Waals surface area contributed by atoms with Crippen molar-refractivity contribution in [2.45, 2.75) is 0 Å². The van der Waals surface area contributed by atoms with Crippen molar-refractivity contribution in [1.29, 1.82) is 0 Å². The highest BCUT2D eigenvalue weighted by Crippen LogP contribution is 2.53. The molecule has 12 aromatic rings. The molecule has 3 nitrogen and oxygen atoms in total. The summed E-state index contributed by atoms with van der Waals surface area (Å²) in [5.74, 6) is 0. The van der Waals surface area contributed by atoms with Gasteiger partial charge in [0, 0.05) is 49.0 Å². The van der Waals surface area contributed by atoms with Crippen LogP contribution in [0.5, 0.6) is 0 Å². The molecular weight excluding hydrogens is 669 g/mol. The Kier molecular flexibility index (Phi) is 5.63. The zero-order chi connectivity index (χ0) is 35.8. The van der Waals surface area contributed by atoms with Gasteiger partial charge in [-0.2, -0.15) is 0 Å². The molecule has 0 fully saturated rings. The number of para-hydroxylation sites is 4. The molecule has 0 spiro atoms. The first-order chi connectivity index (χ1) is 27.3. The Hall–Kier alpha value is -7.36. The number of hydrogen-bond donors (Lipinski definition) is 0. The van der Waals surface area contributed by atoms with E-state index >= 15 is 0 Å². The molecule has 1 aliphatic carbocycles. The van der Waals surface area contributed by atoms with E-state index in [0.29, 0.717) is 0 Å². The van der Waals surface area contributed by atoms with Gasteiger partial charge >= 0.3 is 0 Å². The number of aromatic nitrogens is 2. The molecule has 0 amide bonds. The van der Waals surface area contributed by atoms with E-state index in [0.717, 1.165) is 16.6 Å². The average Bonchev–Trinajstić information content (AvgIpc) is 3.98. The SMILES string of the molecule is c1ccc(-n2c3ccccc3c3cc(-c4ccc5c(c4)c4ccccc4n5-c4ccc5c6c(cccc46)-c4ccc6c(oc7ccccc76)c4-5)ccc32)cc1. The minimum absolute atomic E-state index is 0.929. The van der Waals surface area contributed by atoms with Crippen molar-refractivity contribution < 1.29 is 4.42 Å². The summed E-state index contributed by atoms with van der Waals surface area (Å²) in [4.78, 5) is 0. The summed E-state index contributed by atoms with van der Waals surface area (Å²) < 4.78 is 11.4. The lowest BCUT2D eigenvalue weighted by molar-refractivity contribution is 0.670. The van der Waals surface area contributed by atoms with E-state index in [-0.39, 0.29) is 0 Å². The van der Waals surface area contributed by atoms with Crippen molar-refractivity contribution in [3.05, 3.63) is 182 Å². The number of hydrogen-bond acceptors (Lipinski definition) is 1. The zero-order valence-corrected chi connectivity index (χ0v) is 29.6. The molecule has 0 bridgehead atoms. The van der Waals surface area contributed by atoms with Gasteiger partial charge in [0.2, 0.25) is 0 Å². The fourth-order valence-corrected chi connectivity index (χ4v) is 9.72.